The average Bonchev–Trinajstić information content (AvgIpc) is 2.48. The van der Waals surface area contributed by atoms with Crippen LogP contribution >= 0.6 is 0 Å². The number of rotatable bonds is 5. The lowest BCUT2D eigenvalue weighted by atomic mass is 9.78. The average molecular weight is 267 g/mol. The van der Waals surface area contributed by atoms with Crippen LogP contribution in [-0.4, -0.2) is 6.61 Å². The molecule has 2 aromatic carbocycles. The molecule has 0 aliphatic heterocycles. The summed E-state index contributed by atoms with van der Waals surface area (Å²) in [6, 6.07) is 16.9. The summed E-state index contributed by atoms with van der Waals surface area (Å²) in [5.41, 5.74) is 10.1. The molecule has 0 saturated heterocycles. The molecule has 0 heterocycles. The van der Waals surface area contributed by atoms with Crippen molar-refractivity contribution in [1.29, 1.82) is 0 Å². The van der Waals surface area contributed by atoms with Gasteiger partial charge in [-0.05, 0) is 41.7 Å². The van der Waals surface area contributed by atoms with Crippen molar-refractivity contribution in [2.75, 3.05) is 6.61 Å². The first kappa shape index (κ1) is 13.2. The number of ether oxygens (including phenoxy) is 1. The molecule has 2 atom stereocenters. The van der Waals surface area contributed by atoms with Gasteiger partial charge >= 0.3 is 0 Å². The highest BCUT2D eigenvalue weighted by atomic mass is 16.5. The second kappa shape index (κ2) is 5.68. The van der Waals surface area contributed by atoms with E-state index in [1.165, 1.54) is 16.7 Å². The van der Waals surface area contributed by atoms with Gasteiger partial charge in [0.2, 0.25) is 0 Å². The molecule has 2 N–H and O–H groups in total. The van der Waals surface area contributed by atoms with Crippen molar-refractivity contribution in [3.8, 4) is 5.75 Å². The van der Waals surface area contributed by atoms with Gasteiger partial charge in [-0.2, -0.15) is 0 Å². The van der Waals surface area contributed by atoms with Crippen molar-refractivity contribution < 1.29 is 4.74 Å². The Kier molecular flexibility index (Phi) is 3.75. The molecule has 2 nitrogen and oxygen atoms in total. The summed E-state index contributed by atoms with van der Waals surface area (Å²) in [6.45, 7) is 2.86. The molecule has 0 amide bonds. The normalized spacial score (nSPS) is 18.0. The van der Waals surface area contributed by atoms with Crippen LogP contribution in [0.3, 0.4) is 0 Å². The van der Waals surface area contributed by atoms with Crippen LogP contribution in [0.2, 0.25) is 0 Å². The van der Waals surface area contributed by atoms with Crippen molar-refractivity contribution in [1.82, 2.24) is 0 Å². The Morgan fingerprint density at radius 1 is 1.15 bits per heavy atom. The number of fused-ring (bicyclic) bond motifs is 1. The standard InChI is InChI=1S/C18H21NO/c1-2-18(19)13-7-9-16(10-8-13)20-12-15-11-14-5-3-4-6-17(14)15/h3-10,15,18H,2,11-12,19H2,1H3/t15?,18-/m0/s1. The maximum atomic E-state index is 6.01. The molecule has 0 fully saturated rings. The lowest BCUT2D eigenvalue weighted by molar-refractivity contribution is 0.275. The van der Waals surface area contributed by atoms with E-state index in [2.05, 4.69) is 43.3 Å². The molecule has 0 radical (unpaired) electrons. The number of benzene rings is 2. The van der Waals surface area contributed by atoms with E-state index in [-0.39, 0.29) is 6.04 Å². The van der Waals surface area contributed by atoms with Gasteiger partial charge in [0, 0.05) is 12.0 Å². The zero-order chi connectivity index (χ0) is 13.9. The predicted octanol–water partition coefficient (Wildman–Crippen LogP) is 3.82. The second-order valence-corrected chi connectivity index (χ2v) is 5.49. The van der Waals surface area contributed by atoms with E-state index in [1.54, 1.807) is 0 Å². The molecule has 0 aromatic heterocycles. The minimum absolute atomic E-state index is 0.127. The Hall–Kier alpha value is -1.80. The zero-order valence-electron chi connectivity index (χ0n) is 11.9. The fourth-order valence-electron chi connectivity index (χ4n) is 2.76. The Balaban J connectivity index is 1.57. The van der Waals surface area contributed by atoms with Crippen LogP contribution in [0.15, 0.2) is 48.5 Å². The molecule has 1 aliphatic rings. The van der Waals surface area contributed by atoms with Gasteiger partial charge in [0.25, 0.3) is 0 Å². The van der Waals surface area contributed by atoms with Crippen molar-refractivity contribution >= 4 is 0 Å². The summed E-state index contributed by atoms with van der Waals surface area (Å²) in [5, 5.41) is 0. The highest BCUT2D eigenvalue weighted by Crippen LogP contribution is 2.35. The van der Waals surface area contributed by atoms with Gasteiger partial charge in [-0.1, -0.05) is 43.3 Å². The lowest BCUT2D eigenvalue weighted by Gasteiger charge is -2.29. The smallest absolute Gasteiger partial charge is 0.119 e. The van der Waals surface area contributed by atoms with Crippen molar-refractivity contribution in [3.63, 3.8) is 0 Å². The largest absolute Gasteiger partial charge is 0.493 e. The van der Waals surface area contributed by atoms with Crippen LogP contribution in [0.4, 0.5) is 0 Å². The van der Waals surface area contributed by atoms with Gasteiger partial charge in [0.1, 0.15) is 5.75 Å². The van der Waals surface area contributed by atoms with E-state index in [1.807, 2.05) is 12.1 Å². The van der Waals surface area contributed by atoms with Crippen LogP contribution in [0.5, 0.6) is 5.75 Å². The van der Waals surface area contributed by atoms with E-state index >= 15 is 0 Å². The molecule has 1 unspecified atom stereocenters. The molecule has 3 rings (SSSR count). The van der Waals surface area contributed by atoms with Crippen LogP contribution < -0.4 is 10.5 Å². The highest BCUT2D eigenvalue weighted by molar-refractivity contribution is 5.40. The SMILES string of the molecule is CC[C@H](N)c1ccc(OCC2Cc3ccccc32)cc1. The Morgan fingerprint density at radius 3 is 2.60 bits per heavy atom. The molecule has 2 heteroatoms. The lowest BCUT2D eigenvalue weighted by Crippen LogP contribution is -2.23. The predicted molar refractivity (Wildman–Crippen MR) is 82.0 cm³/mol. The second-order valence-electron chi connectivity index (χ2n) is 5.49. The van der Waals surface area contributed by atoms with E-state index < -0.39 is 0 Å². The third-order valence-electron chi connectivity index (χ3n) is 4.16. The molecule has 20 heavy (non-hydrogen) atoms. The molecular weight excluding hydrogens is 246 g/mol. The highest BCUT2D eigenvalue weighted by Gasteiger charge is 2.25. The molecule has 1 aliphatic carbocycles. The van der Waals surface area contributed by atoms with Crippen LogP contribution in [0.1, 0.15) is 42.0 Å². The summed E-state index contributed by atoms with van der Waals surface area (Å²) >= 11 is 0. The Labute approximate surface area is 120 Å². The van der Waals surface area contributed by atoms with E-state index in [0.29, 0.717) is 5.92 Å². The number of nitrogens with two attached hydrogens (primary N) is 1. The maximum absolute atomic E-state index is 6.01. The topological polar surface area (TPSA) is 35.2 Å². The van der Waals surface area contributed by atoms with E-state index in [0.717, 1.165) is 25.2 Å². The minimum Gasteiger partial charge on any atom is -0.493 e. The van der Waals surface area contributed by atoms with Gasteiger partial charge in [-0.25, -0.2) is 0 Å². The van der Waals surface area contributed by atoms with E-state index in [4.69, 9.17) is 10.5 Å². The molecule has 2 aromatic rings. The van der Waals surface area contributed by atoms with Gasteiger partial charge in [0.15, 0.2) is 0 Å². The first-order valence-corrected chi connectivity index (χ1v) is 7.34. The molecule has 0 bridgehead atoms. The number of hydrogen-bond acceptors (Lipinski definition) is 2. The van der Waals surface area contributed by atoms with Gasteiger partial charge in [-0.3, -0.25) is 0 Å². The quantitative estimate of drug-likeness (QED) is 0.894. The maximum Gasteiger partial charge on any atom is 0.119 e. The molecule has 0 saturated carbocycles. The third kappa shape index (κ3) is 2.56. The fraction of sp³-hybridized carbons (Fsp3) is 0.333. The van der Waals surface area contributed by atoms with Crippen molar-refractivity contribution in [2.45, 2.75) is 31.7 Å². The summed E-state index contributed by atoms with van der Waals surface area (Å²) in [5.74, 6) is 1.48. The summed E-state index contributed by atoms with van der Waals surface area (Å²) in [4.78, 5) is 0. The van der Waals surface area contributed by atoms with Gasteiger partial charge < -0.3 is 10.5 Å². The van der Waals surface area contributed by atoms with Crippen LogP contribution in [-0.2, 0) is 6.42 Å². The first-order chi connectivity index (χ1) is 9.78. The molecule has 104 valence electrons. The molecule has 0 spiro atoms. The van der Waals surface area contributed by atoms with Crippen molar-refractivity contribution in [2.24, 2.45) is 5.73 Å². The van der Waals surface area contributed by atoms with Gasteiger partial charge in [0.05, 0.1) is 6.61 Å². The third-order valence-corrected chi connectivity index (χ3v) is 4.16. The van der Waals surface area contributed by atoms with Crippen LogP contribution in [0, 0.1) is 0 Å². The molecular formula is C18H21NO. The summed E-state index contributed by atoms with van der Waals surface area (Å²) in [6.07, 6.45) is 2.09. The van der Waals surface area contributed by atoms with Gasteiger partial charge in [-0.15, -0.1) is 0 Å². The zero-order valence-corrected chi connectivity index (χ0v) is 11.9. The van der Waals surface area contributed by atoms with Crippen molar-refractivity contribution in [3.05, 3.63) is 65.2 Å². The summed E-state index contributed by atoms with van der Waals surface area (Å²) in [7, 11) is 0. The van der Waals surface area contributed by atoms with Crippen LogP contribution in [0.25, 0.3) is 0 Å². The Morgan fingerprint density at radius 2 is 1.90 bits per heavy atom. The summed E-state index contributed by atoms with van der Waals surface area (Å²) < 4.78 is 5.89. The van der Waals surface area contributed by atoms with E-state index in [9.17, 15) is 0 Å². The first-order valence-electron chi connectivity index (χ1n) is 7.34. The number of hydrogen-bond donors (Lipinski definition) is 1. The minimum atomic E-state index is 0.127. The monoisotopic (exact) mass is 267 g/mol. The fourth-order valence-corrected chi connectivity index (χ4v) is 2.76. The Bertz CT molecular complexity index is 576.